The van der Waals surface area contributed by atoms with Gasteiger partial charge in [0.15, 0.2) is 18.1 Å². The van der Waals surface area contributed by atoms with Crippen molar-refractivity contribution in [3.63, 3.8) is 0 Å². The van der Waals surface area contributed by atoms with Crippen molar-refractivity contribution in [2.24, 2.45) is 5.73 Å². The van der Waals surface area contributed by atoms with Gasteiger partial charge in [0.2, 0.25) is 5.91 Å². The molecule has 1 aromatic heterocycles. The molecule has 0 spiro atoms. The van der Waals surface area contributed by atoms with Gasteiger partial charge in [-0.25, -0.2) is 0 Å². The molecule has 0 fully saturated rings. The van der Waals surface area contributed by atoms with Gasteiger partial charge in [-0.05, 0) is 35.9 Å². The number of halogens is 1. The number of nitrogens with one attached hydrogen (secondary N) is 2. The predicted octanol–water partition coefficient (Wildman–Crippen LogP) is 1.98. The second-order valence-corrected chi connectivity index (χ2v) is 7.29. The lowest BCUT2D eigenvalue weighted by Gasteiger charge is -2.13. The average Bonchev–Trinajstić information content (AvgIpc) is 3.29. The maximum absolute atomic E-state index is 12.6. The predicted molar refractivity (Wildman–Crippen MR) is 121 cm³/mol. The molecule has 10 nitrogen and oxygen atoms in total. The number of hydrogen-bond donors (Lipinski definition) is 3. The number of nitrogens with zero attached hydrogens (tertiary/aromatic N) is 2. The Morgan fingerprint density at radius 2 is 2.00 bits per heavy atom. The van der Waals surface area contributed by atoms with E-state index in [1.807, 2.05) is 6.07 Å². The molecule has 11 heteroatoms. The van der Waals surface area contributed by atoms with Crippen LogP contribution in [-0.4, -0.2) is 41.2 Å². The fraction of sp³-hybridized carbons (Fsp3) is 0.182. The molecule has 0 atom stereocenters. The van der Waals surface area contributed by atoms with Crippen LogP contribution < -0.4 is 25.8 Å². The third-order valence-corrected chi connectivity index (χ3v) is 4.66. The lowest BCUT2D eigenvalue weighted by atomic mass is 10.1. The quantitative estimate of drug-likeness (QED) is 0.413. The number of rotatable bonds is 10. The summed E-state index contributed by atoms with van der Waals surface area (Å²) >= 11 is 6.19. The molecule has 0 unspecified atom stereocenters. The highest BCUT2D eigenvalue weighted by molar-refractivity contribution is 6.32. The van der Waals surface area contributed by atoms with Gasteiger partial charge in [0.25, 0.3) is 11.8 Å². The van der Waals surface area contributed by atoms with Crippen molar-refractivity contribution in [2.45, 2.75) is 13.1 Å². The number of aromatic nitrogens is 2. The number of methoxy groups -OCH3 is 1. The molecule has 0 bridgehead atoms. The summed E-state index contributed by atoms with van der Waals surface area (Å²) in [6, 6.07) is 11.7. The molecular formula is C22H22ClN5O5. The van der Waals surface area contributed by atoms with Gasteiger partial charge >= 0.3 is 0 Å². The lowest BCUT2D eigenvalue weighted by molar-refractivity contribution is -0.120. The van der Waals surface area contributed by atoms with Crippen LogP contribution in [0.4, 0.5) is 5.69 Å². The number of anilines is 1. The molecule has 2 aromatic carbocycles. The van der Waals surface area contributed by atoms with Crippen LogP contribution in [0.25, 0.3) is 0 Å². The van der Waals surface area contributed by atoms with E-state index in [4.69, 9.17) is 26.8 Å². The van der Waals surface area contributed by atoms with Crippen LogP contribution in [0.2, 0.25) is 5.02 Å². The second kappa shape index (κ2) is 11.0. The first-order valence-electron chi connectivity index (χ1n) is 9.78. The smallest absolute Gasteiger partial charge is 0.255 e. The number of primary amides is 1. The minimum Gasteiger partial charge on any atom is -0.493 e. The van der Waals surface area contributed by atoms with Gasteiger partial charge in [0.1, 0.15) is 6.54 Å². The molecule has 4 N–H and O–H groups in total. The Morgan fingerprint density at radius 3 is 2.70 bits per heavy atom. The molecule has 0 aliphatic rings. The maximum atomic E-state index is 12.6. The Labute approximate surface area is 194 Å². The molecule has 3 rings (SSSR count). The van der Waals surface area contributed by atoms with Crippen molar-refractivity contribution >= 4 is 35.0 Å². The summed E-state index contributed by atoms with van der Waals surface area (Å²) in [5.41, 5.74) is 6.70. The summed E-state index contributed by atoms with van der Waals surface area (Å²) in [6.07, 6.45) is 3.30. The Morgan fingerprint density at radius 1 is 1.18 bits per heavy atom. The van der Waals surface area contributed by atoms with Crippen molar-refractivity contribution in [3.8, 4) is 11.5 Å². The van der Waals surface area contributed by atoms with E-state index in [0.29, 0.717) is 5.69 Å². The largest absolute Gasteiger partial charge is 0.493 e. The summed E-state index contributed by atoms with van der Waals surface area (Å²) in [5, 5.41) is 9.68. The highest BCUT2D eigenvalue weighted by atomic mass is 35.5. The van der Waals surface area contributed by atoms with Gasteiger partial charge in [-0.1, -0.05) is 23.7 Å². The van der Waals surface area contributed by atoms with Crippen LogP contribution in [0.1, 0.15) is 15.9 Å². The molecule has 3 amide bonds. The van der Waals surface area contributed by atoms with Crippen LogP contribution in [0.3, 0.4) is 0 Å². The molecule has 3 aromatic rings. The van der Waals surface area contributed by atoms with Crippen molar-refractivity contribution in [1.82, 2.24) is 15.1 Å². The van der Waals surface area contributed by atoms with Crippen LogP contribution >= 0.6 is 11.6 Å². The van der Waals surface area contributed by atoms with E-state index in [9.17, 15) is 14.4 Å². The Hall–Kier alpha value is -4.05. The molecule has 0 aliphatic carbocycles. The monoisotopic (exact) mass is 471 g/mol. The Kier molecular flexibility index (Phi) is 7.87. The molecular weight excluding hydrogens is 450 g/mol. The third kappa shape index (κ3) is 6.71. The number of benzene rings is 2. The summed E-state index contributed by atoms with van der Waals surface area (Å²) in [4.78, 5) is 35.7. The SMILES string of the molecule is COc1cc(C(=O)NCc2cccc(NC(=O)Cn3cccn3)c2)cc(Cl)c1OCC(N)=O. The number of hydrogen-bond acceptors (Lipinski definition) is 6. The zero-order valence-electron chi connectivity index (χ0n) is 17.7. The highest BCUT2D eigenvalue weighted by Crippen LogP contribution is 2.36. The molecule has 172 valence electrons. The number of amides is 3. The van der Waals surface area contributed by atoms with E-state index in [2.05, 4.69) is 15.7 Å². The summed E-state index contributed by atoms with van der Waals surface area (Å²) < 4.78 is 12.0. The standard InChI is InChI=1S/C22H22ClN5O5/c1-32-18-10-15(9-17(23)21(18)33-13-19(24)29)22(31)25-11-14-4-2-5-16(8-14)27-20(30)12-28-7-3-6-26-28/h2-10H,11-13H2,1H3,(H2,24,29)(H,25,31)(H,27,30). The van der Waals surface area contributed by atoms with Crippen molar-refractivity contribution < 1.29 is 23.9 Å². The number of nitrogens with two attached hydrogens (primary N) is 1. The summed E-state index contributed by atoms with van der Waals surface area (Å²) in [5.74, 6) is -0.983. The molecule has 33 heavy (non-hydrogen) atoms. The van der Waals surface area contributed by atoms with Crippen LogP contribution in [0, 0.1) is 0 Å². The first-order chi connectivity index (χ1) is 15.9. The average molecular weight is 472 g/mol. The van der Waals surface area contributed by atoms with E-state index in [1.54, 1.807) is 36.7 Å². The van der Waals surface area contributed by atoms with Gasteiger partial charge in [0, 0.05) is 30.2 Å². The van der Waals surface area contributed by atoms with Crippen LogP contribution in [0.5, 0.6) is 11.5 Å². The van der Waals surface area contributed by atoms with Crippen molar-refractivity contribution in [3.05, 3.63) is 71.0 Å². The minimum atomic E-state index is -0.672. The van der Waals surface area contributed by atoms with E-state index in [-0.39, 0.29) is 47.7 Å². The zero-order chi connectivity index (χ0) is 23.8. The molecule has 0 aliphatic heterocycles. The molecule has 0 saturated carbocycles. The number of carbonyl (C=O) groups excluding carboxylic acids is 3. The van der Waals surface area contributed by atoms with Crippen molar-refractivity contribution in [2.75, 3.05) is 19.0 Å². The van der Waals surface area contributed by atoms with Crippen LogP contribution in [-0.2, 0) is 22.7 Å². The van der Waals surface area contributed by atoms with Crippen molar-refractivity contribution in [1.29, 1.82) is 0 Å². The van der Waals surface area contributed by atoms with Gasteiger partial charge in [-0.2, -0.15) is 5.10 Å². The summed E-state index contributed by atoms with van der Waals surface area (Å²) in [7, 11) is 1.39. The second-order valence-electron chi connectivity index (χ2n) is 6.88. The molecule has 1 heterocycles. The van der Waals surface area contributed by atoms with E-state index in [1.165, 1.54) is 23.9 Å². The van der Waals surface area contributed by atoms with E-state index < -0.39 is 11.8 Å². The Balaban J connectivity index is 1.62. The van der Waals surface area contributed by atoms with Gasteiger partial charge in [-0.3, -0.25) is 19.1 Å². The maximum Gasteiger partial charge on any atom is 0.255 e. The highest BCUT2D eigenvalue weighted by Gasteiger charge is 2.16. The number of carbonyl (C=O) groups is 3. The first kappa shape index (κ1) is 23.6. The zero-order valence-corrected chi connectivity index (χ0v) is 18.5. The topological polar surface area (TPSA) is 138 Å². The summed E-state index contributed by atoms with van der Waals surface area (Å²) in [6.45, 7) is -0.0757. The molecule has 0 saturated heterocycles. The lowest BCUT2D eigenvalue weighted by Crippen LogP contribution is -2.23. The third-order valence-electron chi connectivity index (χ3n) is 4.38. The fourth-order valence-corrected chi connectivity index (χ4v) is 3.18. The minimum absolute atomic E-state index is 0.0930. The van der Waals surface area contributed by atoms with Gasteiger partial charge in [0.05, 0.1) is 12.1 Å². The van der Waals surface area contributed by atoms with Gasteiger partial charge < -0.3 is 25.8 Å². The first-order valence-corrected chi connectivity index (χ1v) is 10.2. The van der Waals surface area contributed by atoms with Gasteiger partial charge in [-0.15, -0.1) is 0 Å². The molecule has 0 radical (unpaired) electrons. The van der Waals surface area contributed by atoms with Crippen LogP contribution in [0.15, 0.2) is 54.9 Å². The number of ether oxygens (including phenoxy) is 2. The normalized spacial score (nSPS) is 10.4. The fourth-order valence-electron chi connectivity index (χ4n) is 2.92. The van der Waals surface area contributed by atoms with E-state index in [0.717, 1.165) is 5.56 Å². The van der Waals surface area contributed by atoms with E-state index >= 15 is 0 Å². The Bertz CT molecular complexity index is 1150.